The Morgan fingerprint density at radius 1 is 1.36 bits per heavy atom. The van der Waals surface area contributed by atoms with Gasteiger partial charge in [-0.25, -0.2) is 0 Å². The molecule has 1 fully saturated rings. The van der Waals surface area contributed by atoms with Gasteiger partial charge in [-0.3, -0.25) is 9.69 Å². The summed E-state index contributed by atoms with van der Waals surface area (Å²) in [4.78, 5) is 15.0. The molecule has 3 rings (SSSR count). The van der Waals surface area contributed by atoms with Crippen molar-refractivity contribution < 1.29 is 9.53 Å². The van der Waals surface area contributed by atoms with Crippen LogP contribution in [-0.2, 0) is 16.0 Å². The zero-order valence-electron chi connectivity index (χ0n) is 13.0. The summed E-state index contributed by atoms with van der Waals surface area (Å²) in [5.41, 5.74) is 1.13. The maximum atomic E-state index is 12.6. The molecule has 0 spiro atoms. The van der Waals surface area contributed by atoms with E-state index in [4.69, 9.17) is 4.74 Å². The van der Waals surface area contributed by atoms with Crippen molar-refractivity contribution >= 4 is 5.97 Å². The largest absolute Gasteiger partial charge is 0.465 e. The van der Waals surface area contributed by atoms with E-state index in [-0.39, 0.29) is 12.0 Å². The van der Waals surface area contributed by atoms with Crippen LogP contribution in [0.25, 0.3) is 0 Å². The summed E-state index contributed by atoms with van der Waals surface area (Å²) in [6, 6.07) is 10.2. The first-order valence-corrected chi connectivity index (χ1v) is 8.13. The highest BCUT2D eigenvalue weighted by atomic mass is 16.5. The van der Waals surface area contributed by atoms with Crippen LogP contribution >= 0.6 is 0 Å². The Balaban J connectivity index is 2.05. The van der Waals surface area contributed by atoms with Gasteiger partial charge < -0.3 is 4.74 Å². The summed E-state index contributed by atoms with van der Waals surface area (Å²) in [7, 11) is 0. The summed E-state index contributed by atoms with van der Waals surface area (Å²) in [6.45, 7) is 4.00. The average Bonchev–Trinajstić information content (AvgIpc) is 2.91. The zero-order valence-corrected chi connectivity index (χ0v) is 13.0. The molecule has 0 radical (unpaired) electrons. The molecule has 22 heavy (non-hydrogen) atoms. The van der Waals surface area contributed by atoms with Crippen LogP contribution in [0.5, 0.6) is 0 Å². The van der Waals surface area contributed by atoms with Crippen LogP contribution < -0.4 is 0 Å². The summed E-state index contributed by atoms with van der Waals surface area (Å²) >= 11 is 0. The second kappa shape index (κ2) is 6.10. The number of piperidine rings is 1. The van der Waals surface area contributed by atoms with Gasteiger partial charge >= 0.3 is 5.97 Å². The van der Waals surface area contributed by atoms with Crippen LogP contribution in [0, 0.1) is 16.7 Å². The molecular formula is C18H22N2O2. The van der Waals surface area contributed by atoms with Gasteiger partial charge in [-0.05, 0) is 44.0 Å². The molecule has 1 aliphatic heterocycles. The van der Waals surface area contributed by atoms with Crippen LogP contribution in [0.4, 0.5) is 0 Å². The van der Waals surface area contributed by atoms with Crippen molar-refractivity contribution in [1.29, 1.82) is 5.26 Å². The van der Waals surface area contributed by atoms with Gasteiger partial charge in [0.05, 0.1) is 18.7 Å². The minimum absolute atomic E-state index is 0.173. The molecule has 1 heterocycles. The van der Waals surface area contributed by atoms with E-state index in [0.29, 0.717) is 13.0 Å². The maximum absolute atomic E-state index is 12.6. The number of fused-ring (bicyclic) bond motifs is 1. The topological polar surface area (TPSA) is 53.3 Å². The Kier molecular flexibility index (Phi) is 4.17. The van der Waals surface area contributed by atoms with Gasteiger partial charge in [0.15, 0.2) is 5.41 Å². The molecule has 0 bridgehead atoms. The van der Waals surface area contributed by atoms with Crippen molar-refractivity contribution in [2.24, 2.45) is 5.41 Å². The van der Waals surface area contributed by atoms with Gasteiger partial charge in [0, 0.05) is 6.42 Å². The van der Waals surface area contributed by atoms with Crippen molar-refractivity contribution in [2.75, 3.05) is 19.7 Å². The van der Waals surface area contributed by atoms with Gasteiger partial charge in [0.25, 0.3) is 0 Å². The fourth-order valence-corrected chi connectivity index (χ4v) is 3.90. The van der Waals surface area contributed by atoms with E-state index in [9.17, 15) is 10.1 Å². The fourth-order valence-electron chi connectivity index (χ4n) is 3.90. The standard InChI is InChI=1S/C18H22N2O2/c1-2-22-17(21)18(13-19)12-14-8-4-5-9-15(14)16(18)20-10-6-3-7-11-20/h4-5,8-9,16H,2-3,6-7,10-12H2,1H3. The number of carbonyl (C=O) groups excluding carboxylic acids is 1. The summed E-state index contributed by atoms with van der Waals surface area (Å²) in [5.74, 6) is -0.371. The SMILES string of the molecule is CCOC(=O)C1(C#N)Cc2ccccc2C1N1CCCCC1. The number of rotatable bonds is 3. The number of esters is 1. The number of hydrogen-bond donors (Lipinski definition) is 0. The van der Waals surface area contributed by atoms with Crippen LogP contribution in [0.2, 0.25) is 0 Å². The van der Waals surface area contributed by atoms with E-state index in [1.165, 1.54) is 6.42 Å². The van der Waals surface area contributed by atoms with E-state index >= 15 is 0 Å². The maximum Gasteiger partial charge on any atom is 0.328 e. The lowest BCUT2D eigenvalue weighted by Gasteiger charge is -2.38. The van der Waals surface area contributed by atoms with Crippen molar-refractivity contribution in [3.8, 4) is 6.07 Å². The first-order chi connectivity index (χ1) is 10.7. The molecule has 1 saturated heterocycles. The van der Waals surface area contributed by atoms with E-state index in [2.05, 4.69) is 17.0 Å². The molecule has 0 amide bonds. The molecule has 4 heteroatoms. The number of likely N-dealkylation sites (tertiary alicyclic amines) is 1. The first kappa shape index (κ1) is 15.1. The van der Waals surface area contributed by atoms with Crippen LogP contribution in [0.1, 0.15) is 43.4 Å². The second-order valence-electron chi connectivity index (χ2n) is 6.18. The van der Waals surface area contributed by atoms with Crippen LogP contribution in [-0.4, -0.2) is 30.6 Å². The minimum Gasteiger partial charge on any atom is -0.465 e. The van der Waals surface area contributed by atoms with Crippen molar-refractivity contribution in [3.63, 3.8) is 0 Å². The minimum atomic E-state index is -1.10. The predicted molar refractivity (Wildman–Crippen MR) is 83.0 cm³/mol. The highest BCUT2D eigenvalue weighted by Gasteiger charge is 2.55. The number of carbonyl (C=O) groups is 1. The lowest BCUT2D eigenvalue weighted by molar-refractivity contribution is -0.155. The molecule has 1 aromatic carbocycles. The van der Waals surface area contributed by atoms with E-state index in [0.717, 1.165) is 37.1 Å². The van der Waals surface area contributed by atoms with E-state index in [1.54, 1.807) is 6.92 Å². The normalized spacial score (nSPS) is 27.9. The Bertz CT molecular complexity index is 601. The van der Waals surface area contributed by atoms with E-state index in [1.807, 2.05) is 18.2 Å². The smallest absolute Gasteiger partial charge is 0.328 e. The number of hydrogen-bond acceptors (Lipinski definition) is 4. The lowest BCUT2D eigenvalue weighted by Crippen LogP contribution is -2.46. The first-order valence-electron chi connectivity index (χ1n) is 8.13. The summed E-state index contributed by atoms with van der Waals surface area (Å²) < 4.78 is 5.28. The summed E-state index contributed by atoms with van der Waals surface area (Å²) in [5, 5.41) is 9.91. The average molecular weight is 298 g/mol. The number of benzene rings is 1. The quantitative estimate of drug-likeness (QED) is 0.805. The third kappa shape index (κ3) is 2.30. The molecule has 2 aliphatic rings. The van der Waals surface area contributed by atoms with Gasteiger partial charge in [-0.1, -0.05) is 30.7 Å². The van der Waals surface area contributed by atoms with Gasteiger partial charge in [-0.2, -0.15) is 5.26 Å². The van der Waals surface area contributed by atoms with Gasteiger partial charge in [-0.15, -0.1) is 0 Å². The Labute approximate surface area is 131 Å². The molecule has 2 atom stereocenters. The Morgan fingerprint density at radius 2 is 2.09 bits per heavy atom. The van der Waals surface area contributed by atoms with Crippen molar-refractivity contribution in [3.05, 3.63) is 35.4 Å². The lowest BCUT2D eigenvalue weighted by atomic mass is 9.80. The second-order valence-corrected chi connectivity index (χ2v) is 6.18. The van der Waals surface area contributed by atoms with Gasteiger partial charge in [0.2, 0.25) is 0 Å². The number of nitriles is 1. The molecule has 116 valence electrons. The highest BCUT2D eigenvalue weighted by molar-refractivity contribution is 5.83. The molecule has 0 aromatic heterocycles. The molecule has 0 N–H and O–H groups in total. The summed E-state index contributed by atoms with van der Waals surface area (Å²) in [6.07, 6.45) is 3.94. The Hall–Kier alpha value is -1.86. The predicted octanol–water partition coefficient (Wildman–Crippen LogP) is 2.84. The number of ether oxygens (including phenoxy) is 1. The molecule has 4 nitrogen and oxygen atoms in total. The zero-order chi connectivity index (χ0) is 15.6. The van der Waals surface area contributed by atoms with Crippen LogP contribution in [0.3, 0.4) is 0 Å². The number of nitrogens with zero attached hydrogens (tertiary/aromatic N) is 2. The van der Waals surface area contributed by atoms with E-state index < -0.39 is 5.41 Å². The van der Waals surface area contributed by atoms with Crippen LogP contribution in [0.15, 0.2) is 24.3 Å². The van der Waals surface area contributed by atoms with Gasteiger partial charge in [0.1, 0.15) is 0 Å². The molecule has 0 saturated carbocycles. The Morgan fingerprint density at radius 3 is 2.77 bits per heavy atom. The molecule has 1 aliphatic carbocycles. The molecule has 2 unspecified atom stereocenters. The third-order valence-corrected chi connectivity index (χ3v) is 4.88. The highest BCUT2D eigenvalue weighted by Crippen LogP contribution is 2.50. The van der Waals surface area contributed by atoms with Crippen molar-refractivity contribution in [1.82, 2.24) is 4.90 Å². The third-order valence-electron chi connectivity index (χ3n) is 4.88. The molecule has 1 aromatic rings. The van der Waals surface area contributed by atoms with Crippen molar-refractivity contribution in [2.45, 2.75) is 38.6 Å². The fraction of sp³-hybridized carbons (Fsp3) is 0.556. The molecular weight excluding hydrogens is 276 g/mol. The monoisotopic (exact) mass is 298 g/mol.